The Balaban J connectivity index is 2.11. The van der Waals surface area contributed by atoms with Crippen LogP contribution in [0.3, 0.4) is 0 Å². The Kier molecular flexibility index (Phi) is 9.59. The van der Waals surface area contributed by atoms with Crippen LogP contribution >= 0.6 is 23.2 Å². The SMILES string of the molecule is CCC(C(=O)NC)N(Cc1ccccc1Cl)C(=O)CN(c1cccc(Cl)c1C)S(=O)(=O)c1ccccc1. The average Bonchev–Trinajstić information content (AvgIpc) is 2.90. The van der Waals surface area contributed by atoms with Crippen molar-refractivity contribution in [2.24, 2.45) is 0 Å². The van der Waals surface area contributed by atoms with E-state index in [4.69, 9.17) is 23.2 Å². The molecule has 0 aliphatic heterocycles. The zero-order valence-electron chi connectivity index (χ0n) is 20.8. The quantitative estimate of drug-likeness (QED) is 0.375. The average molecular weight is 563 g/mol. The van der Waals surface area contributed by atoms with Gasteiger partial charge in [-0.2, -0.15) is 0 Å². The Morgan fingerprint density at radius 1 is 0.919 bits per heavy atom. The predicted octanol–water partition coefficient (Wildman–Crippen LogP) is 5.05. The number of amides is 2. The highest BCUT2D eigenvalue weighted by Crippen LogP contribution is 2.31. The molecule has 0 saturated carbocycles. The van der Waals surface area contributed by atoms with E-state index in [1.165, 1.54) is 24.1 Å². The fraction of sp³-hybridized carbons (Fsp3) is 0.259. The van der Waals surface area contributed by atoms with E-state index in [2.05, 4.69) is 5.32 Å². The van der Waals surface area contributed by atoms with Crippen LogP contribution in [0, 0.1) is 6.92 Å². The number of likely N-dealkylation sites (N-methyl/N-ethyl adjacent to an activating group) is 1. The fourth-order valence-electron chi connectivity index (χ4n) is 4.00. The summed E-state index contributed by atoms with van der Waals surface area (Å²) in [5.74, 6) is -0.923. The topological polar surface area (TPSA) is 86.8 Å². The van der Waals surface area contributed by atoms with Crippen molar-refractivity contribution in [3.8, 4) is 0 Å². The van der Waals surface area contributed by atoms with Gasteiger partial charge in [-0.15, -0.1) is 0 Å². The molecule has 1 atom stereocenters. The normalized spacial score (nSPS) is 12.0. The maximum atomic E-state index is 13.9. The molecule has 0 saturated heterocycles. The van der Waals surface area contributed by atoms with E-state index in [1.807, 2.05) is 0 Å². The second-order valence-corrected chi connectivity index (χ2v) is 11.0. The van der Waals surface area contributed by atoms with Crippen LogP contribution in [0.5, 0.6) is 0 Å². The lowest BCUT2D eigenvalue weighted by Gasteiger charge is -2.33. The first-order valence-corrected chi connectivity index (χ1v) is 13.9. The maximum Gasteiger partial charge on any atom is 0.264 e. The standard InChI is InChI=1S/C27H29Cl2N3O4S/c1-4-24(27(34)30-3)31(17-20-11-8-9-14-23(20)29)26(33)18-32(25-16-10-15-22(28)19(25)2)37(35,36)21-12-6-5-7-13-21/h5-16,24H,4,17-18H2,1-3H3,(H,30,34). The number of halogens is 2. The van der Waals surface area contributed by atoms with E-state index in [0.29, 0.717) is 27.6 Å². The lowest BCUT2D eigenvalue weighted by molar-refractivity contribution is -0.140. The summed E-state index contributed by atoms with van der Waals surface area (Å²) < 4.78 is 28.7. The van der Waals surface area contributed by atoms with Gasteiger partial charge < -0.3 is 10.2 Å². The lowest BCUT2D eigenvalue weighted by atomic mass is 10.1. The van der Waals surface area contributed by atoms with Crippen molar-refractivity contribution in [3.63, 3.8) is 0 Å². The highest BCUT2D eigenvalue weighted by molar-refractivity contribution is 7.92. The molecule has 0 aliphatic carbocycles. The van der Waals surface area contributed by atoms with Crippen LogP contribution in [0.15, 0.2) is 77.7 Å². The van der Waals surface area contributed by atoms with Crippen LogP contribution < -0.4 is 9.62 Å². The molecule has 0 spiro atoms. The molecule has 0 aromatic heterocycles. The molecule has 2 amide bonds. The Morgan fingerprint density at radius 3 is 2.16 bits per heavy atom. The van der Waals surface area contributed by atoms with Gasteiger partial charge in [-0.1, -0.05) is 72.6 Å². The van der Waals surface area contributed by atoms with Crippen molar-refractivity contribution in [3.05, 3.63) is 94.0 Å². The van der Waals surface area contributed by atoms with Gasteiger partial charge in [0.05, 0.1) is 10.6 Å². The van der Waals surface area contributed by atoms with E-state index >= 15 is 0 Å². The van der Waals surface area contributed by atoms with Crippen LogP contribution in [0.25, 0.3) is 0 Å². The summed E-state index contributed by atoms with van der Waals surface area (Å²) in [5, 5.41) is 3.39. The van der Waals surface area contributed by atoms with Crippen LogP contribution in [0.1, 0.15) is 24.5 Å². The third-order valence-electron chi connectivity index (χ3n) is 6.05. The van der Waals surface area contributed by atoms with Crippen molar-refractivity contribution in [1.82, 2.24) is 10.2 Å². The summed E-state index contributed by atoms with van der Waals surface area (Å²) in [6, 6.07) is 18.9. The minimum Gasteiger partial charge on any atom is -0.357 e. The molecule has 0 aliphatic rings. The molecule has 3 aromatic carbocycles. The maximum absolute atomic E-state index is 13.9. The van der Waals surface area contributed by atoms with Gasteiger partial charge in [-0.3, -0.25) is 13.9 Å². The molecule has 0 heterocycles. The Labute approximate surface area is 228 Å². The predicted molar refractivity (Wildman–Crippen MR) is 147 cm³/mol. The van der Waals surface area contributed by atoms with E-state index in [-0.39, 0.29) is 23.0 Å². The Hall–Kier alpha value is -3.07. The number of hydrogen-bond donors (Lipinski definition) is 1. The van der Waals surface area contributed by atoms with E-state index < -0.39 is 28.5 Å². The minimum absolute atomic E-state index is 0.0260. The van der Waals surface area contributed by atoms with E-state index in [9.17, 15) is 18.0 Å². The zero-order valence-corrected chi connectivity index (χ0v) is 23.1. The monoisotopic (exact) mass is 561 g/mol. The van der Waals surface area contributed by atoms with Crippen molar-refractivity contribution >= 4 is 50.7 Å². The van der Waals surface area contributed by atoms with Crippen molar-refractivity contribution < 1.29 is 18.0 Å². The van der Waals surface area contributed by atoms with Crippen LogP contribution in [0.4, 0.5) is 5.69 Å². The number of nitrogens with one attached hydrogen (secondary N) is 1. The van der Waals surface area contributed by atoms with Crippen LogP contribution in [-0.2, 0) is 26.2 Å². The Bertz CT molecular complexity index is 1370. The molecule has 10 heteroatoms. The van der Waals surface area contributed by atoms with Crippen molar-refractivity contribution in [2.75, 3.05) is 17.9 Å². The summed E-state index contributed by atoms with van der Waals surface area (Å²) in [5.41, 5.74) is 1.42. The molecule has 3 aromatic rings. The second kappa shape index (κ2) is 12.4. The van der Waals surface area contributed by atoms with Gasteiger partial charge in [0, 0.05) is 23.6 Å². The number of nitrogens with zero attached hydrogens (tertiary/aromatic N) is 2. The molecule has 3 rings (SSSR count). The van der Waals surface area contributed by atoms with Gasteiger partial charge >= 0.3 is 0 Å². The number of benzene rings is 3. The van der Waals surface area contributed by atoms with Gasteiger partial charge in [0.2, 0.25) is 11.8 Å². The first-order chi connectivity index (χ1) is 17.6. The van der Waals surface area contributed by atoms with Crippen LogP contribution in [-0.4, -0.2) is 44.8 Å². The number of hydrogen-bond acceptors (Lipinski definition) is 4. The van der Waals surface area contributed by atoms with E-state index in [1.54, 1.807) is 74.5 Å². The zero-order chi connectivity index (χ0) is 27.2. The van der Waals surface area contributed by atoms with E-state index in [0.717, 1.165) is 4.31 Å². The molecular weight excluding hydrogens is 533 g/mol. The largest absolute Gasteiger partial charge is 0.357 e. The third-order valence-corrected chi connectivity index (χ3v) is 8.60. The molecule has 0 bridgehead atoms. The molecule has 37 heavy (non-hydrogen) atoms. The molecule has 7 nitrogen and oxygen atoms in total. The van der Waals surface area contributed by atoms with Gasteiger partial charge in [0.15, 0.2) is 0 Å². The molecule has 1 unspecified atom stereocenters. The number of anilines is 1. The molecular formula is C27H29Cl2N3O4S. The minimum atomic E-state index is -4.16. The van der Waals surface area contributed by atoms with Crippen molar-refractivity contribution in [2.45, 2.75) is 37.8 Å². The summed E-state index contributed by atoms with van der Waals surface area (Å²) in [4.78, 5) is 28.0. The molecule has 0 fully saturated rings. The summed E-state index contributed by atoms with van der Waals surface area (Å²) in [7, 11) is -2.67. The molecule has 196 valence electrons. The summed E-state index contributed by atoms with van der Waals surface area (Å²) in [6.07, 6.45) is 0.317. The lowest BCUT2D eigenvalue weighted by Crippen LogP contribution is -2.51. The smallest absolute Gasteiger partial charge is 0.264 e. The molecule has 0 radical (unpaired) electrons. The second-order valence-electron chi connectivity index (χ2n) is 8.36. The summed E-state index contributed by atoms with van der Waals surface area (Å²) in [6.45, 7) is 2.96. The summed E-state index contributed by atoms with van der Waals surface area (Å²) >= 11 is 12.7. The highest BCUT2D eigenvalue weighted by Gasteiger charge is 2.34. The number of sulfonamides is 1. The van der Waals surface area contributed by atoms with Gasteiger partial charge in [0.1, 0.15) is 12.6 Å². The fourth-order valence-corrected chi connectivity index (χ4v) is 5.85. The number of carbonyl (C=O) groups is 2. The van der Waals surface area contributed by atoms with Gasteiger partial charge in [-0.05, 0) is 54.8 Å². The third kappa shape index (κ3) is 6.44. The number of rotatable bonds is 10. The first-order valence-electron chi connectivity index (χ1n) is 11.7. The first kappa shape index (κ1) is 28.5. The van der Waals surface area contributed by atoms with Crippen molar-refractivity contribution in [1.29, 1.82) is 0 Å². The highest BCUT2D eigenvalue weighted by atomic mass is 35.5. The Morgan fingerprint density at radius 2 is 1.54 bits per heavy atom. The van der Waals surface area contributed by atoms with Crippen LogP contribution in [0.2, 0.25) is 10.0 Å². The molecule has 1 N–H and O–H groups in total. The van der Waals surface area contributed by atoms with Gasteiger partial charge in [-0.25, -0.2) is 8.42 Å². The van der Waals surface area contributed by atoms with Gasteiger partial charge in [0.25, 0.3) is 10.0 Å². The number of carbonyl (C=O) groups excluding carboxylic acids is 2.